The number of hydrogen-bond acceptors (Lipinski definition) is 4. The fraction of sp³-hybridized carbons (Fsp3) is 0.429. The van der Waals surface area contributed by atoms with Crippen molar-refractivity contribution >= 4 is 23.2 Å². The van der Waals surface area contributed by atoms with Crippen LogP contribution in [0.3, 0.4) is 0 Å². The Kier molecular flexibility index (Phi) is 4.30. The Bertz CT molecular complexity index is 576. The van der Waals surface area contributed by atoms with Crippen molar-refractivity contribution in [2.45, 2.75) is 12.8 Å². The number of nitrogens with one attached hydrogen (secondary N) is 1. The van der Waals surface area contributed by atoms with Crippen LogP contribution in [0.1, 0.15) is 23.2 Å². The lowest BCUT2D eigenvalue weighted by Gasteiger charge is -2.34. The normalized spacial score (nSPS) is 18.4. The van der Waals surface area contributed by atoms with Crippen LogP contribution >= 0.6 is 0 Å². The summed E-state index contributed by atoms with van der Waals surface area (Å²) in [5.41, 5.74) is 11.2. The molecule has 5 N–H and O–H groups in total. The quantitative estimate of drug-likeness (QED) is 0.705. The number of carbonyl (C=O) groups excluding carboxylic acids is 2. The number of primary amides is 1. The predicted octanol–water partition coefficient (Wildman–Crippen LogP) is 0.469. The van der Waals surface area contributed by atoms with E-state index in [4.69, 9.17) is 11.5 Å². The van der Waals surface area contributed by atoms with Crippen LogP contribution in [0.5, 0.6) is 0 Å². The van der Waals surface area contributed by atoms with Gasteiger partial charge in [-0.05, 0) is 25.0 Å². The molecule has 1 aliphatic rings. The van der Waals surface area contributed by atoms with E-state index in [1.165, 1.54) is 6.07 Å². The summed E-state index contributed by atoms with van der Waals surface area (Å²) in [5, 5.41) is 2.61. The highest BCUT2D eigenvalue weighted by molar-refractivity contribution is 5.99. The van der Waals surface area contributed by atoms with E-state index in [0.717, 1.165) is 18.9 Å². The van der Waals surface area contributed by atoms with Gasteiger partial charge >= 0.3 is 0 Å². The molecule has 1 unspecified atom stereocenters. The van der Waals surface area contributed by atoms with Gasteiger partial charge in [-0.25, -0.2) is 4.39 Å². The molecule has 21 heavy (non-hydrogen) atoms. The Morgan fingerprint density at radius 2 is 2.14 bits per heavy atom. The second-order valence-electron chi connectivity index (χ2n) is 5.15. The van der Waals surface area contributed by atoms with Gasteiger partial charge in [0.25, 0.3) is 5.91 Å². The molecule has 1 heterocycles. The molecule has 1 atom stereocenters. The van der Waals surface area contributed by atoms with Crippen molar-refractivity contribution in [2.75, 3.05) is 30.8 Å². The molecule has 1 aromatic carbocycles. The lowest BCUT2D eigenvalue weighted by atomic mass is 9.96. The molecule has 0 spiro atoms. The molecule has 7 heteroatoms. The van der Waals surface area contributed by atoms with Gasteiger partial charge in [-0.1, -0.05) is 0 Å². The summed E-state index contributed by atoms with van der Waals surface area (Å²) in [5.74, 6) is -1.48. The standard InChI is InChI=1S/C14H19FN4O2/c1-18-14(21)8-3-2-4-19(7-8)12-5-9(13(17)20)11(16)6-10(12)15/h5-6,8H,2-4,7,16H2,1H3,(H2,17,20)(H,18,21). The van der Waals surface area contributed by atoms with Crippen LogP contribution in [0.2, 0.25) is 0 Å². The lowest BCUT2D eigenvalue weighted by Crippen LogP contribution is -2.42. The van der Waals surface area contributed by atoms with Crippen LogP contribution in [0.25, 0.3) is 0 Å². The predicted molar refractivity (Wildman–Crippen MR) is 78.3 cm³/mol. The number of nitrogen functional groups attached to an aromatic ring is 1. The maximum Gasteiger partial charge on any atom is 0.250 e. The molecule has 2 rings (SSSR count). The summed E-state index contributed by atoms with van der Waals surface area (Å²) < 4.78 is 14.1. The first-order valence-electron chi connectivity index (χ1n) is 6.79. The second-order valence-corrected chi connectivity index (χ2v) is 5.15. The van der Waals surface area contributed by atoms with Crippen LogP contribution in [0.15, 0.2) is 12.1 Å². The van der Waals surface area contributed by atoms with Crippen LogP contribution in [0.4, 0.5) is 15.8 Å². The summed E-state index contributed by atoms with van der Waals surface area (Å²) in [6.45, 7) is 1.02. The van der Waals surface area contributed by atoms with Crippen LogP contribution < -0.4 is 21.7 Å². The number of rotatable bonds is 3. The zero-order valence-electron chi connectivity index (χ0n) is 11.9. The zero-order valence-corrected chi connectivity index (χ0v) is 11.9. The number of piperidine rings is 1. The molecule has 114 valence electrons. The van der Waals surface area contributed by atoms with Gasteiger partial charge in [0.1, 0.15) is 5.82 Å². The van der Waals surface area contributed by atoms with E-state index in [2.05, 4.69) is 5.32 Å². The number of anilines is 2. The van der Waals surface area contributed by atoms with Gasteiger partial charge < -0.3 is 21.7 Å². The van der Waals surface area contributed by atoms with Gasteiger partial charge in [-0.2, -0.15) is 0 Å². The van der Waals surface area contributed by atoms with Gasteiger partial charge in [0.05, 0.1) is 17.2 Å². The van der Waals surface area contributed by atoms with E-state index in [1.807, 2.05) is 0 Å². The summed E-state index contributed by atoms with van der Waals surface area (Å²) in [4.78, 5) is 24.8. The van der Waals surface area contributed by atoms with E-state index in [0.29, 0.717) is 13.1 Å². The third-order valence-corrected chi connectivity index (χ3v) is 3.76. The average Bonchev–Trinajstić information content (AvgIpc) is 2.46. The van der Waals surface area contributed by atoms with E-state index < -0.39 is 11.7 Å². The number of carbonyl (C=O) groups is 2. The fourth-order valence-electron chi connectivity index (χ4n) is 2.65. The van der Waals surface area contributed by atoms with Crippen LogP contribution in [-0.2, 0) is 4.79 Å². The van der Waals surface area contributed by atoms with Gasteiger partial charge in [0.2, 0.25) is 5.91 Å². The Balaban J connectivity index is 2.30. The van der Waals surface area contributed by atoms with Crippen molar-refractivity contribution in [2.24, 2.45) is 11.7 Å². The Morgan fingerprint density at radius 3 is 2.76 bits per heavy atom. The van der Waals surface area contributed by atoms with Crippen molar-refractivity contribution in [3.05, 3.63) is 23.5 Å². The fourth-order valence-corrected chi connectivity index (χ4v) is 2.65. The minimum absolute atomic E-state index is 0.0172. The maximum atomic E-state index is 14.1. The third kappa shape index (κ3) is 3.07. The van der Waals surface area contributed by atoms with E-state index in [1.54, 1.807) is 11.9 Å². The van der Waals surface area contributed by atoms with Gasteiger partial charge in [0, 0.05) is 25.8 Å². The van der Waals surface area contributed by atoms with Gasteiger partial charge in [-0.15, -0.1) is 0 Å². The molecule has 0 aromatic heterocycles. The molecule has 1 fully saturated rings. The highest BCUT2D eigenvalue weighted by atomic mass is 19.1. The minimum atomic E-state index is -0.700. The second kappa shape index (κ2) is 5.99. The summed E-state index contributed by atoms with van der Waals surface area (Å²) >= 11 is 0. The molecule has 0 aliphatic carbocycles. The van der Waals surface area contributed by atoms with Crippen LogP contribution in [-0.4, -0.2) is 32.0 Å². The first kappa shape index (κ1) is 15.1. The smallest absolute Gasteiger partial charge is 0.250 e. The van der Waals surface area contributed by atoms with Gasteiger partial charge in [-0.3, -0.25) is 9.59 Å². The minimum Gasteiger partial charge on any atom is -0.398 e. The zero-order chi connectivity index (χ0) is 15.6. The SMILES string of the molecule is CNC(=O)C1CCCN(c2cc(C(N)=O)c(N)cc2F)C1. The molecular weight excluding hydrogens is 275 g/mol. The molecular formula is C14H19FN4O2. The lowest BCUT2D eigenvalue weighted by molar-refractivity contribution is -0.124. The average molecular weight is 294 g/mol. The Hall–Kier alpha value is -2.31. The number of nitrogens with two attached hydrogens (primary N) is 2. The molecule has 2 amide bonds. The Labute approximate surface area is 122 Å². The molecule has 0 saturated carbocycles. The number of hydrogen-bond donors (Lipinski definition) is 3. The molecule has 0 bridgehead atoms. The number of benzene rings is 1. The number of halogens is 1. The first-order valence-corrected chi connectivity index (χ1v) is 6.79. The van der Waals surface area contributed by atoms with E-state index in [-0.39, 0.29) is 28.8 Å². The third-order valence-electron chi connectivity index (χ3n) is 3.76. The molecule has 1 aromatic rings. The summed E-state index contributed by atoms with van der Waals surface area (Å²) in [6, 6.07) is 2.46. The number of amides is 2. The van der Waals surface area contributed by atoms with E-state index in [9.17, 15) is 14.0 Å². The van der Waals surface area contributed by atoms with Crippen molar-refractivity contribution in [3.8, 4) is 0 Å². The molecule has 6 nitrogen and oxygen atoms in total. The van der Waals surface area contributed by atoms with Crippen LogP contribution in [0, 0.1) is 11.7 Å². The molecule has 1 saturated heterocycles. The largest absolute Gasteiger partial charge is 0.398 e. The molecule has 1 aliphatic heterocycles. The van der Waals surface area contributed by atoms with Crippen molar-refractivity contribution in [1.29, 1.82) is 0 Å². The summed E-state index contributed by atoms with van der Waals surface area (Å²) in [7, 11) is 1.58. The van der Waals surface area contributed by atoms with Crippen molar-refractivity contribution in [1.82, 2.24) is 5.32 Å². The monoisotopic (exact) mass is 294 g/mol. The van der Waals surface area contributed by atoms with Crippen molar-refractivity contribution < 1.29 is 14.0 Å². The number of nitrogens with zero attached hydrogens (tertiary/aromatic N) is 1. The highest BCUT2D eigenvalue weighted by Gasteiger charge is 2.27. The van der Waals surface area contributed by atoms with Crippen molar-refractivity contribution in [3.63, 3.8) is 0 Å². The first-order chi connectivity index (χ1) is 9.93. The topological polar surface area (TPSA) is 101 Å². The summed E-state index contributed by atoms with van der Waals surface area (Å²) in [6.07, 6.45) is 1.53. The Morgan fingerprint density at radius 1 is 1.43 bits per heavy atom. The van der Waals surface area contributed by atoms with Gasteiger partial charge in [0.15, 0.2) is 0 Å². The van der Waals surface area contributed by atoms with E-state index >= 15 is 0 Å². The molecule has 0 radical (unpaired) electrons. The highest BCUT2D eigenvalue weighted by Crippen LogP contribution is 2.29. The maximum absolute atomic E-state index is 14.1.